The van der Waals surface area contributed by atoms with Gasteiger partial charge in [-0.3, -0.25) is 4.79 Å². The molecule has 0 aliphatic carbocycles. The number of hydrogen-bond acceptors (Lipinski definition) is 9. The topological polar surface area (TPSA) is 81.2 Å². The van der Waals surface area contributed by atoms with Crippen molar-refractivity contribution in [2.24, 2.45) is 0 Å². The Morgan fingerprint density at radius 2 is 1.84 bits per heavy atom. The number of hydrogen-bond donors (Lipinski definition) is 1. The van der Waals surface area contributed by atoms with E-state index < -0.39 is 5.97 Å². The van der Waals surface area contributed by atoms with Crippen LogP contribution in [0.15, 0.2) is 8.68 Å². The summed E-state index contributed by atoms with van der Waals surface area (Å²) in [4.78, 5) is 25.1. The molecule has 0 aliphatic heterocycles. The quantitative estimate of drug-likeness (QED) is 0.508. The van der Waals surface area contributed by atoms with Crippen molar-refractivity contribution in [3.63, 3.8) is 0 Å². The van der Waals surface area contributed by atoms with E-state index in [1.165, 1.54) is 41.5 Å². The molecule has 1 N–H and O–H groups in total. The second kappa shape index (κ2) is 9.56. The molecule has 0 unspecified atom stereocenters. The first-order valence-corrected chi connectivity index (χ1v) is 11.1. The number of nitrogens with zero attached hydrogens (tertiary/aromatic N) is 2. The predicted molar refractivity (Wildman–Crippen MR) is 105 cm³/mol. The van der Waals surface area contributed by atoms with Gasteiger partial charge in [-0.05, 0) is 25.8 Å². The van der Waals surface area contributed by atoms with Crippen molar-refractivity contribution < 1.29 is 14.3 Å². The number of nitrogens with one attached hydrogen (secondary N) is 1. The molecule has 10 heteroatoms. The number of thioether (sulfide) groups is 2. The zero-order valence-corrected chi connectivity index (χ0v) is 17.6. The van der Waals surface area contributed by atoms with Gasteiger partial charge in [0, 0.05) is 10.6 Å². The van der Waals surface area contributed by atoms with Gasteiger partial charge in [-0.1, -0.05) is 41.8 Å². The molecule has 0 spiro atoms. The fraction of sp³-hybridized carbons (Fsp3) is 0.467. The third-order valence-corrected chi connectivity index (χ3v) is 7.69. The average molecular weight is 418 g/mol. The van der Waals surface area contributed by atoms with Gasteiger partial charge in [-0.25, -0.2) is 4.79 Å². The molecule has 0 aromatic carbocycles. The number of thiophene rings is 1. The van der Waals surface area contributed by atoms with Crippen LogP contribution in [0.4, 0.5) is 5.00 Å². The summed E-state index contributed by atoms with van der Waals surface area (Å²) in [5.41, 5.74) is 1.26. The summed E-state index contributed by atoms with van der Waals surface area (Å²) in [6.07, 6.45) is 1.08. The Morgan fingerprint density at radius 1 is 1.16 bits per heavy atom. The third-order valence-electron chi connectivity index (χ3n) is 3.17. The molecule has 0 saturated heterocycles. The summed E-state index contributed by atoms with van der Waals surface area (Å²) in [6, 6.07) is 0. The third kappa shape index (κ3) is 5.44. The molecule has 6 nitrogen and oxygen atoms in total. The molecule has 2 heterocycles. The first-order valence-electron chi connectivity index (χ1n) is 7.53. The maximum absolute atomic E-state index is 12.2. The number of methoxy groups -OCH3 is 1. The number of carbonyl (C=O) groups is 2. The van der Waals surface area contributed by atoms with Crippen LogP contribution < -0.4 is 5.32 Å². The van der Waals surface area contributed by atoms with Crippen LogP contribution >= 0.6 is 46.2 Å². The fourth-order valence-electron chi connectivity index (χ4n) is 1.86. The molecule has 2 rings (SSSR count). The van der Waals surface area contributed by atoms with Gasteiger partial charge in [0.25, 0.3) is 0 Å². The van der Waals surface area contributed by atoms with Gasteiger partial charge in [0.1, 0.15) is 5.00 Å². The molecule has 0 radical (unpaired) electrons. The summed E-state index contributed by atoms with van der Waals surface area (Å²) in [5, 5.41) is 11.5. The van der Waals surface area contributed by atoms with Crippen molar-refractivity contribution in [2.45, 2.75) is 35.9 Å². The van der Waals surface area contributed by atoms with E-state index in [9.17, 15) is 9.59 Å². The zero-order valence-electron chi connectivity index (χ0n) is 14.4. The van der Waals surface area contributed by atoms with Gasteiger partial charge in [-0.15, -0.1) is 21.5 Å². The Balaban J connectivity index is 1.95. The molecule has 136 valence electrons. The van der Waals surface area contributed by atoms with E-state index in [2.05, 4.69) is 22.4 Å². The van der Waals surface area contributed by atoms with E-state index in [0.29, 0.717) is 10.6 Å². The van der Waals surface area contributed by atoms with Crippen LogP contribution in [0, 0.1) is 13.8 Å². The van der Waals surface area contributed by atoms with Crippen molar-refractivity contribution in [3.8, 4) is 0 Å². The lowest BCUT2D eigenvalue weighted by Crippen LogP contribution is -2.16. The number of ether oxygens (including phenoxy) is 1. The Hall–Kier alpha value is -1.10. The van der Waals surface area contributed by atoms with E-state index in [1.807, 2.05) is 13.8 Å². The molecular weight excluding hydrogens is 398 g/mol. The maximum atomic E-state index is 12.2. The van der Waals surface area contributed by atoms with Crippen LogP contribution in [-0.4, -0.2) is 40.7 Å². The molecule has 0 saturated carbocycles. The minimum atomic E-state index is -0.438. The van der Waals surface area contributed by atoms with E-state index in [1.54, 1.807) is 11.8 Å². The summed E-state index contributed by atoms with van der Waals surface area (Å²) >= 11 is 5.88. The highest BCUT2D eigenvalue weighted by atomic mass is 32.2. The number of anilines is 1. The van der Waals surface area contributed by atoms with Crippen LogP contribution in [-0.2, 0) is 9.53 Å². The van der Waals surface area contributed by atoms with Gasteiger partial charge in [0.15, 0.2) is 8.68 Å². The van der Waals surface area contributed by atoms with E-state index in [-0.39, 0.29) is 11.7 Å². The summed E-state index contributed by atoms with van der Waals surface area (Å²) in [7, 11) is 1.33. The molecule has 2 aromatic heterocycles. The van der Waals surface area contributed by atoms with Crippen molar-refractivity contribution in [1.29, 1.82) is 0 Å². The standard InChI is InChI=1S/C15H19N3O3S4/c1-5-6-22-14-17-18-15(25-14)23-7-10(19)16-12-11(13(20)21-4)8(2)9(3)24-12/h5-7H2,1-4H3,(H,16,19). The van der Waals surface area contributed by atoms with E-state index >= 15 is 0 Å². The number of aryl methyl sites for hydroxylation is 1. The lowest BCUT2D eigenvalue weighted by atomic mass is 10.1. The Bertz CT molecular complexity index is 757. The van der Waals surface area contributed by atoms with Crippen LogP contribution in [0.5, 0.6) is 0 Å². The number of rotatable bonds is 8. The molecule has 0 atom stereocenters. The second-order valence-electron chi connectivity index (χ2n) is 5.00. The monoisotopic (exact) mass is 417 g/mol. The van der Waals surface area contributed by atoms with Gasteiger partial charge < -0.3 is 10.1 Å². The lowest BCUT2D eigenvalue weighted by Gasteiger charge is -2.05. The molecule has 25 heavy (non-hydrogen) atoms. The molecule has 0 fully saturated rings. The highest BCUT2D eigenvalue weighted by Crippen LogP contribution is 2.33. The molecular formula is C15H19N3O3S4. The van der Waals surface area contributed by atoms with Gasteiger partial charge in [0.05, 0.1) is 18.4 Å². The van der Waals surface area contributed by atoms with E-state index in [4.69, 9.17) is 4.74 Å². The first kappa shape index (κ1) is 20.2. The Morgan fingerprint density at radius 3 is 2.48 bits per heavy atom. The van der Waals surface area contributed by atoms with Crippen molar-refractivity contribution in [3.05, 3.63) is 16.0 Å². The first-order chi connectivity index (χ1) is 12.0. The molecule has 0 bridgehead atoms. The summed E-state index contributed by atoms with van der Waals surface area (Å²) < 4.78 is 6.49. The minimum Gasteiger partial charge on any atom is -0.465 e. The molecule has 0 aliphatic rings. The van der Waals surface area contributed by atoms with Crippen LogP contribution in [0.1, 0.15) is 34.1 Å². The van der Waals surface area contributed by atoms with E-state index in [0.717, 1.165) is 31.3 Å². The average Bonchev–Trinajstić information content (AvgIpc) is 3.15. The molecule has 2 aromatic rings. The van der Waals surface area contributed by atoms with Crippen LogP contribution in [0.3, 0.4) is 0 Å². The van der Waals surface area contributed by atoms with Crippen LogP contribution in [0.25, 0.3) is 0 Å². The normalized spacial score (nSPS) is 10.7. The molecule has 1 amide bonds. The largest absolute Gasteiger partial charge is 0.465 e. The highest BCUT2D eigenvalue weighted by molar-refractivity contribution is 8.03. The lowest BCUT2D eigenvalue weighted by molar-refractivity contribution is -0.113. The summed E-state index contributed by atoms with van der Waals surface area (Å²) in [5.74, 6) is 0.595. The summed E-state index contributed by atoms with van der Waals surface area (Å²) in [6.45, 7) is 5.87. The number of carbonyl (C=O) groups excluding carboxylic acids is 2. The second-order valence-corrected chi connectivity index (χ2v) is 9.76. The highest BCUT2D eigenvalue weighted by Gasteiger charge is 2.21. The predicted octanol–water partition coefficient (Wildman–Crippen LogP) is 4.24. The van der Waals surface area contributed by atoms with Crippen molar-refractivity contribution in [2.75, 3.05) is 23.9 Å². The smallest absolute Gasteiger partial charge is 0.341 e. The fourth-order valence-corrected chi connectivity index (χ4v) is 5.67. The van der Waals surface area contributed by atoms with Crippen LogP contribution in [0.2, 0.25) is 0 Å². The minimum absolute atomic E-state index is 0.186. The number of esters is 1. The zero-order chi connectivity index (χ0) is 18.4. The van der Waals surface area contributed by atoms with Crippen molar-refractivity contribution in [1.82, 2.24) is 10.2 Å². The van der Waals surface area contributed by atoms with Gasteiger partial charge in [0.2, 0.25) is 5.91 Å². The van der Waals surface area contributed by atoms with Gasteiger partial charge in [-0.2, -0.15) is 0 Å². The Kier molecular flexibility index (Phi) is 7.73. The number of amides is 1. The Labute approximate surface area is 163 Å². The van der Waals surface area contributed by atoms with Crippen molar-refractivity contribution >= 4 is 63.1 Å². The van der Waals surface area contributed by atoms with Gasteiger partial charge >= 0.3 is 5.97 Å². The number of aromatic nitrogens is 2. The SMILES string of the molecule is CCCSc1nnc(SCC(=O)Nc2sc(C)c(C)c2C(=O)OC)s1. The maximum Gasteiger partial charge on any atom is 0.341 e.